The van der Waals surface area contributed by atoms with Gasteiger partial charge in [0.05, 0.1) is 6.61 Å². The Balaban J connectivity index is 2.64. The molecule has 0 spiro atoms. The summed E-state index contributed by atoms with van der Waals surface area (Å²) in [6, 6.07) is 9.11. The summed E-state index contributed by atoms with van der Waals surface area (Å²) in [6.07, 6.45) is 3.61. The Morgan fingerprint density at radius 1 is 1.10 bits per heavy atom. The second kappa shape index (κ2) is 9.67. The Kier molecular flexibility index (Phi) is 8.21. The molecule has 0 aliphatic carbocycles. The third-order valence-corrected chi connectivity index (χ3v) is 4.23. The van der Waals surface area contributed by atoms with Crippen LogP contribution in [-0.4, -0.2) is 30.8 Å². The van der Waals surface area contributed by atoms with E-state index in [4.69, 9.17) is 5.11 Å². The molecule has 120 valence electrons. The fraction of sp³-hybridized carbons (Fsp3) is 0.667. The topological polar surface area (TPSA) is 35.5 Å². The van der Waals surface area contributed by atoms with Gasteiger partial charge in [-0.2, -0.15) is 0 Å². The maximum atomic E-state index is 9.09. The van der Waals surface area contributed by atoms with E-state index in [0.717, 1.165) is 18.9 Å². The molecular weight excluding hydrogens is 260 g/mol. The summed E-state index contributed by atoms with van der Waals surface area (Å²) in [5.41, 5.74) is 2.36. The van der Waals surface area contributed by atoms with Gasteiger partial charge >= 0.3 is 0 Å². The van der Waals surface area contributed by atoms with Crippen molar-refractivity contribution in [3.8, 4) is 0 Å². The summed E-state index contributed by atoms with van der Waals surface area (Å²) in [5, 5.41) is 12.7. The molecule has 1 aromatic rings. The summed E-state index contributed by atoms with van der Waals surface area (Å²) in [4.78, 5) is 2.18. The summed E-state index contributed by atoms with van der Waals surface area (Å²) < 4.78 is 0. The Morgan fingerprint density at radius 2 is 1.76 bits per heavy atom. The van der Waals surface area contributed by atoms with Crippen LogP contribution >= 0.6 is 0 Å². The van der Waals surface area contributed by atoms with Crippen molar-refractivity contribution in [3.63, 3.8) is 0 Å². The normalized spacial score (nSPS) is 13.8. The lowest BCUT2D eigenvalue weighted by atomic mass is 9.97. The minimum atomic E-state index is 0.195. The van der Waals surface area contributed by atoms with Crippen molar-refractivity contribution < 1.29 is 5.11 Å². The monoisotopic (exact) mass is 292 g/mol. The Labute approximate surface area is 130 Å². The minimum absolute atomic E-state index is 0.195. The Bertz CT molecular complexity index is 377. The first-order valence-corrected chi connectivity index (χ1v) is 8.36. The minimum Gasteiger partial charge on any atom is -0.395 e. The molecule has 2 N–H and O–H groups in total. The van der Waals surface area contributed by atoms with Gasteiger partial charge < -0.3 is 15.3 Å². The van der Waals surface area contributed by atoms with Gasteiger partial charge in [-0.25, -0.2) is 0 Å². The Morgan fingerprint density at radius 3 is 2.24 bits per heavy atom. The summed E-state index contributed by atoms with van der Waals surface area (Å²) >= 11 is 0. The molecule has 3 nitrogen and oxygen atoms in total. The van der Waals surface area contributed by atoms with Crippen molar-refractivity contribution in [2.45, 2.75) is 53.0 Å². The lowest BCUT2D eigenvalue weighted by molar-refractivity contribution is 0.302. The highest BCUT2D eigenvalue weighted by Crippen LogP contribution is 2.21. The molecule has 2 unspecified atom stereocenters. The van der Waals surface area contributed by atoms with E-state index in [-0.39, 0.29) is 6.61 Å². The molecule has 1 aromatic carbocycles. The van der Waals surface area contributed by atoms with Gasteiger partial charge in [0.15, 0.2) is 0 Å². The van der Waals surface area contributed by atoms with Crippen molar-refractivity contribution in [2.24, 2.45) is 5.92 Å². The average Bonchev–Trinajstić information content (AvgIpc) is 2.52. The second-order valence-electron chi connectivity index (χ2n) is 5.85. The van der Waals surface area contributed by atoms with Crippen LogP contribution in [0.25, 0.3) is 0 Å². The first-order chi connectivity index (χ1) is 10.1. The van der Waals surface area contributed by atoms with E-state index in [1.54, 1.807) is 0 Å². The summed E-state index contributed by atoms with van der Waals surface area (Å²) in [7, 11) is 0. The third-order valence-electron chi connectivity index (χ3n) is 4.23. The smallest absolute Gasteiger partial charge is 0.0606 e. The van der Waals surface area contributed by atoms with Crippen LogP contribution in [0, 0.1) is 5.92 Å². The lowest BCUT2D eigenvalue weighted by Gasteiger charge is -2.24. The van der Waals surface area contributed by atoms with Gasteiger partial charge in [-0.05, 0) is 49.9 Å². The van der Waals surface area contributed by atoms with E-state index in [1.807, 2.05) is 0 Å². The first kappa shape index (κ1) is 17.8. The van der Waals surface area contributed by atoms with Crippen molar-refractivity contribution in [1.29, 1.82) is 0 Å². The van der Waals surface area contributed by atoms with Crippen LogP contribution in [0.4, 0.5) is 11.4 Å². The molecule has 0 amide bonds. The van der Waals surface area contributed by atoms with Gasteiger partial charge in [-0.3, -0.25) is 0 Å². The third kappa shape index (κ3) is 5.96. The number of anilines is 2. The van der Waals surface area contributed by atoms with Crippen molar-refractivity contribution in [2.75, 3.05) is 29.9 Å². The molecule has 0 bridgehead atoms. The number of hydrogen-bond acceptors (Lipinski definition) is 3. The molecule has 3 heteroatoms. The quantitative estimate of drug-likeness (QED) is 0.680. The van der Waals surface area contributed by atoms with E-state index in [2.05, 4.69) is 62.2 Å². The summed E-state index contributed by atoms with van der Waals surface area (Å²) in [6.45, 7) is 10.7. The van der Waals surface area contributed by atoms with Crippen molar-refractivity contribution >= 4 is 11.4 Å². The molecule has 0 aliphatic rings. The molecule has 0 aliphatic heterocycles. The van der Waals surface area contributed by atoms with Crippen molar-refractivity contribution in [1.82, 2.24) is 0 Å². The molecule has 1 rings (SSSR count). The molecule has 0 aromatic heterocycles. The van der Waals surface area contributed by atoms with E-state index in [1.165, 1.54) is 24.2 Å². The molecule has 21 heavy (non-hydrogen) atoms. The lowest BCUT2D eigenvalue weighted by Crippen LogP contribution is -2.26. The highest BCUT2D eigenvalue weighted by Gasteiger charge is 2.10. The number of aliphatic hydroxyl groups excluding tert-OH is 1. The van der Waals surface area contributed by atoms with Crippen LogP contribution in [0.1, 0.15) is 47.0 Å². The molecular formula is C18H32N2O. The average molecular weight is 292 g/mol. The molecule has 0 heterocycles. The number of rotatable bonds is 10. The van der Waals surface area contributed by atoms with Gasteiger partial charge in [0.25, 0.3) is 0 Å². The first-order valence-electron chi connectivity index (χ1n) is 8.36. The van der Waals surface area contributed by atoms with E-state index < -0.39 is 0 Å². The largest absolute Gasteiger partial charge is 0.395 e. The van der Waals surface area contributed by atoms with Gasteiger partial charge in [-0.15, -0.1) is 0 Å². The van der Waals surface area contributed by atoms with Gasteiger partial charge in [-0.1, -0.05) is 27.2 Å². The standard InChI is InChI=1S/C18H32N2O/c1-5-15(4)14-16(6-2)19-17-8-10-18(11-9-17)20(7-3)12-13-21/h8-11,15-16,19,21H,5-7,12-14H2,1-4H3. The number of hydrogen-bond donors (Lipinski definition) is 2. The molecule has 0 saturated carbocycles. The number of benzene rings is 1. The molecule has 0 radical (unpaired) electrons. The van der Waals surface area contributed by atoms with E-state index in [9.17, 15) is 0 Å². The van der Waals surface area contributed by atoms with Crippen LogP contribution in [0.3, 0.4) is 0 Å². The van der Waals surface area contributed by atoms with Gasteiger partial charge in [0.1, 0.15) is 0 Å². The molecule has 0 saturated heterocycles. The zero-order valence-corrected chi connectivity index (χ0v) is 14.1. The van der Waals surface area contributed by atoms with E-state index in [0.29, 0.717) is 12.6 Å². The highest BCUT2D eigenvalue weighted by molar-refractivity contribution is 5.55. The van der Waals surface area contributed by atoms with Crippen LogP contribution in [0.15, 0.2) is 24.3 Å². The fourth-order valence-corrected chi connectivity index (χ4v) is 2.57. The SMILES string of the molecule is CCC(C)CC(CC)Nc1ccc(N(CC)CCO)cc1. The number of aliphatic hydroxyl groups is 1. The maximum Gasteiger partial charge on any atom is 0.0606 e. The highest BCUT2D eigenvalue weighted by atomic mass is 16.3. The van der Waals surface area contributed by atoms with Crippen molar-refractivity contribution in [3.05, 3.63) is 24.3 Å². The van der Waals surface area contributed by atoms with E-state index >= 15 is 0 Å². The van der Waals surface area contributed by atoms with Crippen LogP contribution in [0.2, 0.25) is 0 Å². The predicted molar refractivity (Wildman–Crippen MR) is 93.2 cm³/mol. The zero-order chi connectivity index (χ0) is 15.7. The number of likely N-dealkylation sites (N-methyl/N-ethyl adjacent to an activating group) is 1. The number of nitrogens with one attached hydrogen (secondary N) is 1. The van der Waals surface area contributed by atoms with Crippen LogP contribution in [-0.2, 0) is 0 Å². The Hall–Kier alpha value is -1.22. The fourth-order valence-electron chi connectivity index (χ4n) is 2.57. The second-order valence-corrected chi connectivity index (χ2v) is 5.85. The van der Waals surface area contributed by atoms with Crippen LogP contribution in [0.5, 0.6) is 0 Å². The predicted octanol–water partition coefficient (Wildman–Crippen LogP) is 4.13. The van der Waals surface area contributed by atoms with Crippen LogP contribution < -0.4 is 10.2 Å². The summed E-state index contributed by atoms with van der Waals surface area (Å²) in [5.74, 6) is 0.766. The molecule has 0 fully saturated rings. The maximum absolute atomic E-state index is 9.09. The zero-order valence-electron chi connectivity index (χ0n) is 14.1. The molecule has 2 atom stereocenters. The number of nitrogens with zero attached hydrogens (tertiary/aromatic N) is 1. The van der Waals surface area contributed by atoms with Gasteiger partial charge in [0.2, 0.25) is 0 Å². The van der Waals surface area contributed by atoms with Gasteiger partial charge in [0, 0.05) is 30.5 Å².